The molecule has 2 aliphatic rings. The summed E-state index contributed by atoms with van der Waals surface area (Å²) in [4.78, 5) is 24.2. The molecule has 0 bridgehead atoms. The van der Waals surface area contributed by atoms with Gasteiger partial charge in [-0.15, -0.1) is 0 Å². The van der Waals surface area contributed by atoms with Gasteiger partial charge in [0, 0.05) is 0 Å². The van der Waals surface area contributed by atoms with Gasteiger partial charge in [0.2, 0.25) is 0 Å². The first-order valence-electron chi connectivity index (χ1n) is 11.9. The molecular weight excluding hydrogens is 352 g/mol. The maximum atomic E-state index is 12.9. The lowest BCUT2D eigenvalue weighted by molar-refractivity contribution is -0.172. The number of hydrogen-bond donors (Lipinski definition) is 1. The number of rotatable bonds is 11. The van der Waals surface area contributed by atoms with Crippen molar-refractivity contribution in [1.82, 2.24) is 0 Å². The molecule has 2 saturated carbocycles. The van der Waals surface area contributed by atoms with Crippen LogP contribution in [0.2, 0.25) is 0 Å². The van der Waals surface area contributed by atoms with E-state index in [4.69, 9.17) is 4.74 Å². The quantitative estimate of drug-likeness (QED) is 0.320. The van der Waals surface area contributed by atoms with Crippen molar-refractivity contribution in [3.63, 3.8) is 0 Å². The van der Waals surface area contributed by atoms with Crippen molar-refractivity contribution < 1.29 is 19.4 Å². The SMILES string of the molecule is CC(C)CCCCCCCC1(OC(=O)C2CCCC(C(=O)O)C2)CCCCC1. The number of esters is 1. The number of ether oxygens (including phenoxy) is 1. The number of aliphatic carboxylic acids is 1. The normalized spacial score (nSPS) is 24.8. The Balaban J connectivity index is 1.79. The molecule has 2 aliphatic carbocycles. The first-order chi connectivity index (χ1) is 13.4. The molecular formula is C24H42O4. The van der Waals surface area contributed by atoms with Gasteiger partial charge in [-0.3, -0.25) is 9.59 Å². The fourth-order valence-electron chi connectivity index (χ4n) is 5.05. The number of carbonyl (C=O) groups is 2. The van der Waals surface area contributed by atoms with Crippen LogP contribution in [0.15, 0.2) is 0 Å². The first kappa shape index (κ1) is 23.2. The van der Waals surface area contributed by atoms with E-state index in [0.29, 0.717) is 12.8 Å². The molecule has 2 atom stereocenters. The predicted octanol–water partition coefficient (Wildman–Crippen LogP) is 6.51. The third-order valence-electron chi connectivity index (χ3n) is 6.85. The molecule has 2 fully saturated rings. The third-order valence-corrected chi connectivity index (χ3v) is 6.85. The smallest absolute Gasteiger partial charge is 0.309 e. The molecule has 0 aromatic rings. The van der Waals surface area contributed by atoms with Crippen LogP contribution in [0.25, 0.3) is 0 Å². The molecule has 4 nitrogen and oxygen atoms in total. The summed E-state index contributed by atoms with van der Waals surface area (Å²) in [5.74, 6) is -0.679. The standard InChI is InChI=1S/C24H42O4/c1-19(2)12-7-4-3-5-8-15-24(16-9-6-10-17-24)28-23(27)21-14-11-13-20(18-21)22(25)26/h19-21H,3-18H2,1-2H3,(H,25,26). The minimum Gasteiger partial charge on any atom is -0.481 e. The Bertz CT molecular complexity index is 479. The van der Waals surface area contributed by atoms with Gasteiger partial charge in [0.1, 0.15) is 5.60 Å². The van der Waals surface area contributed by atoms with Gasteiger partial charge in [-0.2, -0.15) is 0 Å². The van der Waals surface area contributed by atoms with Gasteiger partial charge < -0.3 is 9.84 Å². The number of unbranched alkanes of at least 4 members (excludes halogenated alkanes) is 4. The van der Waals surface area contributed by atoms with Crippen molar-refractivity contribution in [1.29, 1.82) is 0 Å². The van der Waals surface area contributed by atoms with E-state index in [0.717, 1.165) is 57.3 Å². The molecule has 0 aliphatic heterocycles. The highest BCUT2D eigenvalue weighted by Crippen LogP contribution is 2.39. The van der Waals surface area contributed by atoms with Gasteiger partial charge in [-0.05, 0) is 63.7 Å². The summed E-state index contributed by atoms with van der Waals surface area (Å²) in [5, 5.41) is 9.29. The summed E-state index contributed by atoms with van der Waals surface area (Å²) in [6.07, 6.45) is 16.8. The van der Waals surface area contributed by atoms with E-state index in [9.17, 15) is 14.7 Å². The van der Waals surface area contributed by atoms with E-state index in [1.807, 2.05) is 0 Å². The van der Waals surface area contributed by atoms with E-state index >= 15 is 0 Å². The van der Waals surface area contributed by atoms with E-state index in [-0.39, 0.29) is 23.4 Å². The van der Waals surface area contributed by atoms with Crippen LogP contribution in [-0.2, 0) is 14.3 Å². The number of carboxylic acids is 1. The Kier molecular flexibility index (Phi) is 9.81. The second-order valence-corrected chi connectivity index (χ2v) is 9.76. The van der Waals surface area contributed by atoms with Crippen molar-refractivity contribution in [2.45, 2.75) is 122 Å². The average Bonchev–Trinajstić information content (AvgIpc) is 2.67. The zero-order valence-electron chi connectivity index (χ0n) is 18.2. The molecule has 0 aromatic carbocycles. The van der Waals surface area contributed by atoms with Gasteiger partial charge >= 0.3 is 11.9 Å². The summed E-state index contributed by atoms with van der Waals surface area (Å²) in [7, 11) is 0. The Morgan fingerprint density at radius 2 is 1.57 bits per heavy atom. The van der Waals surface area contributed by atoms with Gasteiger partial charge in [0.05, 0.1) is 11.8 Å². The summed E-state index contributed by atoms with van der Waals surface area (Å²) in [6.45, 7) is 4.57. The number of hydrogen-bond acceptors (Lipinski definition) is 3. The van der Waals surface area contributed by atoms with Crippen LogP contribution in [-0.4, -0.2) is 22.6 Å². The van der Waals surface area contributed by atoms with Gasteiger partial charge in [0.25, 0.3) is 0 Å². The van der Waals surface area contributed by atoms with Crippen molar-refractivity contribution >= 4 is 11.9 Å². The summed E-state index contributed by atoms with van der Waals surface area (Å²) >= 11 is 0. The van der Waals surface area contributed by atoms with Crippen molar-refractivity contribution in [3.05, 3.63) is 0 Å². The fraction of sp³-hybridized carbons (Fsp3) is 0.917. The van der Waals surface area contributed by atoms with Crippen molar-refractivity contribution in [2.24, 2.45) is 17.8 Å². The van der Waals surface area contributed by atoms with Crippen molar-refractivity contribution in [2.75, 3.05) is 0 Å². The van der Waals surface area contributed by atoms with E-state index in [2.05, 4.69) is 13.8 Å². The minimum absolute atomic E-state index is 0.121. The maximum absolute atomic E-state index is 12.9. The topological polar surface area (TPSA) is 63.6 Å². The zero-order valence-corrected chi connectivity index (χ0v) is 18.2. The largest absolute Gasteiger partial charge is 0.481 e. The fourth-order valence-corrected chi connectivity index (χ4v) is 5.05. The van der Waals surface area contributed by atoms with Gasteiger partial charge in [-0.1, -0.05) is 58.8 Å². The molecule has 4 heteroatoms. The summed E-state index contributed by atoms with van der Waals surface area (Å²) in [6, 6.07) is 0. The maximum Gasteiger partial charge on any atom is 0.309 e. The highest BCUT2D eigenvalue weighted by molar-refractivity contribution is 5.76. The molecule has 0 amide bonds. The van der Waals surface area contributed by atoms with Crippen LogP contribution in [0.3, 0.4) is 0 Å². The molecule has 1 N–H and O–H groups in total. The summed E-state index contributed by atoms with van der Waals surface area (Å²) in [5.41, 5.74) is -0.274. The minimum atomic E-state index is -0.762. The second kappa shape index (κ2) is 11.8. The molecule has 0 heterocycles. The predicted molar refractivity (Wildman–Crippen MR) is 112 cm³/mol. The second-order valence-electron chi connectivity index (χ2n) is 9.76. The zero-order chi connectivity index (χ0) is 20.4. The van der Waals surface area contributed by atoms with Crippen LogP contribution in [0, 0.1) is 17.8 Å². The third kappa shape index (κ3) is 7.75. The molecule has 0 radical (unpaired) electrons. The lowest BCUT2D eigenvalue weighted by Gasteiger charge is -2.39. The Morgan fingerprint density at radius 1 is 0.929 bits per heavy atom. The van der Waals surface area contributed by atoms with E-state index in [1.54, 1.807) is 0 Å². The number of carboxylic acid groups (broad SMARTS) is 1. The molecule has 0 spiro atoms. The number of carbonyl (C=O) groups excluding carboxylic acids is 1. The van der Waals surface area contributed by atoms with Gasteiger partial charge in [0.15, 0.2) is 0 Å². The molecule has 162 valence electrons. The van der Waals surface area contributed by atoms with Crippen LogP contribution in [0.5, 0.6) is 0 Å². The average molecular weight is 395 g/mol. The first-order valence-corrected chi connectivity index (χ1v) is 11.9. The Hall–Kier alpha value is -1.06. The molecule has 0 saturated heterocycles. The van der Waals surface area contributed by atoms with Gasteiger partial charge in [-0.25, -0.2) is 0 Å². The van der Waals surface area contributed by atoms with E-state index in [1.165, 1.54) is 38.5 Å². The van der Waals surface area contributed by atoms with Crippen LogP contribution in [0.1, 0.15) is 117 Å². The molecule has 28 heavy (non-hydrogen) atoms. The Labute approximate surface area is 171 Å². The Morgan fingerprint density at radius 3 is 2.25 bits per heavy atom. The van der Waals surface area contributed by atoms with Crippen LogP contribution >= 0.6 is 0 Å². The molecule has 2 unspecified atom stereocenters. The lowest BCUT2D eigenvalue weighted by Crippen LogP contribution is -2.40. The van der Waals surface area contributed by atoms with Crippen molar-refractivity contribution in [3.8, 4) is 0 Å². The lowest BCUT2D eigenvalue weighted by atomic mass is 9.79. The highest BCUT2D eigenvalue weighted by Gasteiger charge is 2.39. The molecule has 2 rings (SSSR count). The van der Waals surface area contributed by atoms with Crippen LogP contribution in [0.4, 0.5) is 0 Å². The summed E-state index contributed by atoms with van der Waals surface area (Å²) < 4.78 is 6.17. The monoisotopic (exact) mass is 394 g/mol. The van der Waals surface area contributed by atoms with E-state index < -0.39 is 5.97 Å². The highest BCUT2D eigenvalue weighted by atomic mass is 16.6. The van der Waals surface area contributed by atoms with Crippen LogP contribution < -0.4 is 0 Å². The molecule has 0 aromatic heterocycles.